The molecule has 0 bridgehead atoms. The van der Waals surface area contributed by atoms with Gasteiger partial charge in [0.15, 0.2) is 5.69 Å². The summed E-state index contributed by atoms with van der Waals surface area (Å²) in [6.07, 6.45) is 0. The molecule has 1 aromatic rings. The molecule has 0 aromatic carbocycles. The third-order valence-electron chi connectivity index (χ3n) is 1.74. The maximum Gasteiger partial charge on any atom is 0.355 e. The Kier molecular flexibility index (Phi) is 4.80. The van der Waals surface area contributed by atoms with Crippen LogP contribution in [0.4, 0.5) is 0 Å². The lowest BCUT2D eigenvalue weighted by Gasteiger charge is -2.19. The van der Waals surface area contributed by atoms with Crippen molar-refractivity contribution in [3.8, 4) is 0 Å². The van der Waals surface area contributed by atoms with E-state index in [9.17, 15) is 9.59 Å². The highest BCUT2D eigenvalue weighted by atomic mass is 32.1. The highest BCUT2D eigenvalue weighted by Crippen LogP contribution is 2.09. The van der Waals surface area contributed by atoms with Crippen LogP contribution in [0.25, 0.3) is 0 Å². The third kappa shape index (κ3) is 5.24. The number of carbonyl (C=O) groups is 2. The molecule has 0 saturated carbocycles. The Morgan fingerprint density at radius 1 is 1.50 bits per heavy atom. The van der Waals surface area contributed by atoms with Gasteiger partial charge in [0.1, 0.15) is 10.6 Å². The third-order valence-corrected chi connectivity index (χ3v) is 2.59. The fraction of sp³-hybridized carbons (Fsp3) is 0.545. The van der Waals surface area contributed by atoms with Gasteiger partial charge in [-0.2, -0.15) is 0 Å². The van der Waals surface area contributed by atoms with E-state index in [0.29, 0.717) is 11.6 Å². The van der Waals surface area contributed by atoms with Crippen molar-refractivity contribution in [2.24, 2.45) is 0 Å². The molecule has 0 radical (unpaired) electrons. The number of carboxylic acids is 1. The molecule has 7 heteroatoms. The van der Waals surface area contributed by atoms with Crippen molar-refractivity contribution >= 4 is 23.3 Å². The van der Waals surface area contributed by atoms with Gasteiger partial charge in [-0.05, 0) is 20.8 Å². The summed E-state index contributed by atoms with van der Waals surface area (Å²) < 4.78 is 5.11. The molecule has 0 aliphatic carbocycles. The number of nitrogens with zero attached hydrogens (tertiary/aromatic N) is 1. The predicted octanol–water partition coefficient (Wildman–Crippen LogP) is 1.27. The fourth-order valence-corrected chi connectivity index (χ4v) is 1.88. The van der Waals surface area contributed by atoms with E-state index < -0.39 is 11.6 Å². The van der Waals surface area contributed by atoms with Gasteiger partial charge in [-0.15, -0.1) is 11.3 Å². The molecule has 2 N–H and O–H groups in total. The molecule has 0 aliphatic heterocycles. The molecule has 0 amide bonds. The summed E-state index contributed by atoms with van der Waals surface area (Å²) in [7, 11) is 0. The quantitative estimate of drug-likeness (QED) is 0.785. The first-order chi connectivity index (χ1) is 8.28. The fourth-order valence-electron chi connectivity index (χ4n) is 1.14. The largest absolute Gasteiger partial charge is 0.476 e. The number of aromatic carboxylic acids is 1. The molecule has 1 rings (SSSR count). The lowest BCUT2D eigenvalue weighted by atomic mass is 10.2. The Bertz CT molecular complexity index is 436. The minimum Gasteiger partial charge on any atom is -0.476 e. The summed E-state index contributed by atoms with van der Waals surface area (Å²) in [6, 6.07) is 0. The van der Waals surface area contributed by atoms with Gasteiger partial charge in [-0.1, -0.05) is 0 Å². The first kappa shape index (κ1) is 14.6. The van der Waals surface area contributed by atoms with Gasteiger partial charge in [-0.25, -0.2) is 9.78 Å². The topological polar surface area (TPSA) is 88.5 Å². The van der Waals surface area contributed by atoms with Crippen molar-refractivity contribution in [2.75, 3.05) is 6.54 Å². The first-order valence-corrected chi connectivity index (χ1v) is 6.26. The van der Waals surface area contributed by atoms with E-state index in [1.165, 1.54) is 16.7 Å². The van der Waals surface area contributed by atoms with Crippen molar-refractivity contribution in [1.29, 1.82) is 0 Å². The highest BCUT2D eigenvalue weighted by molar-refractivity contribution is 7.09. The molecular formula is C11H16N2O4S. The number of rotatable bonds is 5. The highest BCUT2D eigenvalue weighted by Gasteiger charge is 2.16. The number of aromatic nitrogens is 1. The summed E-state index contributed by atoms with van der Waals surface area (Å²) in [5.41, 5.74) is -0.481. The van der Waals surface area contributed by atoms with Crippen molar-refractivity contribution in [1.82, 2.24) is 10.3 Å². The van der Waals surface area contributed by atoms with Gasteiger partial charge in [0, 0.05) is 11.9 Å². The molecule has 0 atom stereocenters. The summed E-state index contributed by atoms with van der Waals surface area (Å²) in [5, 5.41) is 13.6. The van der Waals surface area contributed by atoms with Crippen molar-refractivity contribution in [3.63, 3.8) is 0 Å². The number of carboxylic acid groups (broad SMARTS) is 1. The second kappa shape index (κ2) is 5.92. The second-order valence-corrected chi connectivity index (χ2v) is 5.56. The van der Waals surface area contributed by atoms with Crippen LogP contribution in [0.1, 0.15) is 36.3 Å². The lowest BCUT2D eigenvalue weighted by Crippen LogP contribution is -2.31. The van der Waals surface area contributed by atoms with Crippen LogP contribution < -0.4 is 5.32 Å². The van der Waals surface area contributed by atoms with Crippen molar-refractivity contribution in [2.45, 2.75) is 32.9 Å². The van der Waals surface area contributed by atoms with Crippen LogP contribution in [0.5, 0.6) is 0 Å². The summed E-state index contributed by atoms with van der Waals surface area (Å²) in [5.74, 6) is -1.40. The zero-order valence-corrected chi connectivity index (χ0v) is 11.3. The monoisotopic (exact) mass is 272 g/mol. The molecule has 0 saturated heterocycles. The lowest BCUT2D eigenvalue weighted by molar-refractivity contribution is -0.153. The van der Waals surface area contributed by atoms with Crippen LogP contribution in [0, 0.1) is 0 Å². The van der Waals surface area contributed by atoms with Gasteiger partial charge in [0.2, 0.25) is 0 Å². The number of carbonyl (C=O) groups excluding carboxylic acids is 1. The van der Waals surface area contributed by atoms with E-state index in [1.807, 2.05) is 0 Å². The Balaban J connectivity index is 2.33. The molecule has 18 heavy (non-hydrogen) atoms. The number of hydrogen-bond acceptors (Lipinski definition) is 6. The Morgan fingerprint density at radius 2 is 2.17 bits per heavy atom. The van der Waals surface area contributed by atoms with Crippen LogP contribution in [-0.2, 0) is 16.1 Å². The van der Waals surface area contributed by atoms with E-state index in [1.54, 1.807) is 20.8 Å². The molecule has 6 nitrogen and oxygen atoms in total. The minimum absolute atomic E-state index is 0.0223. The predicted molar refractivity (Wildman–Crippen MR) is 66.6 cm³/mol. The molecule has 1 heterocycles. The van der Waals surface area contributed by atoms with Crippen molar-refractivity contribution < 1.29 is 19.4 Å². The van der Waals surface area contributed by atoms with Crippen LogP contribution >= 0.6 is 11.3 Å². The average molecular weight is 272 g/mol. The Hall–Kier alpha value is -1.47. The molecule has 0 fully saturated rings. The number of thiazole rings is 1. The Labute approximate surface area is 109 Å². The molecular weight excluding hydrogens is 256 g/mol. The van der Waals surface area contributed by atoms with Gasteiger partial charge in [-0.3, -0.25) is 4.79 Å². The van der Waals surface area contributed by atoms with Crippen LogP contribution in [0.2, 0.25) is 0 Å². The van der Waals surface area contributed by atoms with Crippen LogP contribution in [0.3, 0.4) is 0 Å². The van der Waals surface area contributed by atoms with Gasteiger partial charge < -0.3 is 15.2 Å². The van der Waals surface area contributed by atoms with E-state index in [-0.39, 0.29) is 18.2 Å². The van der Waals surface area contributed by atoms with E-state index in [0.717, 1.165) is 0 Å². The van der Waals surface area contributed by atoms with Gasteiger partial charge in [0.05, 0.1) is 6.54 Å². The maximum atomic E-state index is 11.4. The van der Waals surface area contributed by atoms with E-state index in [4.69, 9.17) is 9.84 Å². The Morgan fingerprint density at radius 3 is 2.67 bits per heavy atom. The smallest absolute Gasteiger partial charge is 0.355 e. The molecule has 0 aliphatic rings. The number of nitrogens with one attached hydrogen (secondary N) is 1. The normalized spacial score (nSPS) is 11.3. The molecule has 0 unspecified atom stereocenters. The first-order valence-electron chi connectivity index (χ1n) is 5.38. The van der Waals surface area contributed by atoms with Gasteiger partial charge >= 0.3 is 11.9 Å². The number of ether oxygens (including phenoxy) is 1. The van der Waals surface area contributed by atoms with Crippen LogP contribution in [0.15, 0.2) is 5.38 Å². The van der Waals surface area contributed by atoms with E-state index >= 15 is 0 Å². The molecule has 0 spiro atoms. The maximum absolute atomic E-state index is 11.4. The summed E-state index contributed by atoms with van der Waals surface area (Å²) in [6.45, 7) is 5.80. The zero-order valence-electron chi connectivity index (χ0n) is 10.5. The summed E-state index contributed by atoms with van der Waals surface area (Å²) >= 11 is 1.24. The molecule has 1 aromatic heterocycles. The van der Waals surface area contributed by atoms with Crippen molar-refractivity contribution in [3.05, 3.63) is 16.1 Å². The molecule has 100 valence electrons. The number of esters is 1. The zero-order chi connectivity index (χ0) is 13.8. The SMILES string of the molecule is CC(C)(C)OC(=O)CNCc1nc(C(=O)O)cs1. The number of hydrogen-bond donors (Lipinski definition) is 2. The standard InChI is InChI=1S/C11H16N2O4S/c1-11(2,3)17-9(14)5-12-4-8-13-7(6-18-8)10(15)16/h6,12H,4-5H2,1-3H3,(H,15,16). The van der Waals surface area contributed by atoms with E-state index in [2.05, 4.69) is 10.3 Å². The van der Waals surface area contributed by atoms with Crippen LogP contribution in [-0.4, -0.2) is 34.2 Å². The summed E-state index contributed by atoms with van der Waals surface area (Å²) in [4.78, 5) is 25.9. The second-order valence-electron chi connectivity index (χ2n) is 4.62. The minimum atomic E-state index is -1.05. The van der Waals surface area contributed by atoms with Gasteiger partial charge in [0.25, 0.3) is 0 Å². The average Bonchev–Trinajstić information content (AvgIpc) is 2.63.